The number of benzene rings is 2. The van der Waals surface area contributed by atoms with Gasteiger partial charge in [-0.25, -0.2) is 12.8 Å². The Labute approximate surface area is 228 Å². The van der Waals surface area contributed by atoms with Gasteiger partial charge in [0.05, 0.1) is 4.90 Å². The highest BCUT2D eigenvalue weighted by atomic mass is 32.2. The van der Waals surface area contributed by atoms with Gasteiger partial charge in [0.1, 0.15) is 4.75 Å². The molecule has 40 heavy (non-hydrogen) atoms. The summed E-state index contributed by atoms with van der Waals surface area (Å²) < 4.78 is 121. The summed E-state index contributed by atoms with van der Waals surface area (Å²) in [5.41, 5.74) is -6.60. The fraction of sp³-hybridized carbons (Fsp3) is 0.536. The molecule has 2 aromatic carbocycles. The molecule has 1 saturated carbocycles. The van der Waals surface area contributed by atoms with Gasteiger partial charge in [-0.2, -0.15) is 26.3 Å². The van der Waals surface area contributed by atoms with E-state index in [1.807, 2.05) is 6.92 Å². The molecule has 0 aromatic heterocycles. The van der Waals surface area contributed by atoms with Gasteiger partial charge in [-0.15, -0.1) is 0 Å². The number of carbonyl (C=O) groups is 1. The standard InChI is InChI=1S/C28H30F7NO3S/c1-2-19-8-14-23(15-9-19)40(38,39)25(16-17-36(18-25)24(37)20-6-4-3-5-7-20)21-10-12-22(13-11-21)26(29,27(30,31)32)28(33,34)35/h8-15,20H,2-7,16-18H2,1H3/t25-/m0/s1. The molecule has 1 amide bonds. The van der Waals surface area contributed by atoms with Crippen molar-refractivity contribution in [3.63, 3.8) is 0 Å². The Morgan fingerprint density at radius 3 is 1.93 bits per heavy atom. The number of hydrogen-bond acceptors (Lipinski definition) is 3. The van der Waals surface area contributed by atoms with Crippen LogP contribution in [-0.4, -0.2) is 44.7 Å². The van der Waals surface area contributed by atoms with Gasteiger partial charge in [-0.3, -0.25) is 4.79 Å². The van der Waals surface area contributed by atoms with E-state index in [2.05, 4.69) is 0 Å². The summed E-state index contributed by atoms with van der Waals surface area (Å²) in [5.74, 6) is -0.490. The second-order valence-corrected chi connectivity index (χ2v) is 12.8. The largest absolute Gasteiger partial charge is 0.435 e. The van der Waals surface area contributed by atoms with E-state index in [0.717, 1.165) is 37.0 Å². The number of aryl methyl sites for hydroxylation is 1. The molecule has 1 aliphatic heterocycles. The average molecular weight is 594 g/mol. The third kappa shape index (κ3) is 5.00. The van der Waals surface area contributed by atoms with Gasteiger partial charge >= 0.3 is 18.0 Å². The zero-order chi connectivity index (χ0) is 29.6. The first-order chi connectivity index (χ1) is 18.6. The normalized spacial score (nSPS) is 21.6. The summed E-state index contributed by atoms with van der Waals surface area (Å²) in [7, 11) is -4.31. The molecule has 0 bridgehead atoms. The predicted octanol–water partition coefficient (Wildman–Crippen LogP) is 7.02. The molecule has 1 saturated heterocycles. The van der Waals surface area contributed by atoms with E-state index in [0.29, 0.717) is 31.4 Å². The van der Waals surface area contributed by atoms with Gasteiger partial charge in [0, 0.05) is 24.6 Å². The predicted molar refractivity (Wildman–Crippen MR) is 134 cm³/mol. The maximum absolute atomic E-state index is 14.7. The van der Waals surface area contributed by atoms with Crippen LogP contribution in [0.1, 0.15) is 62.1 Å². The number of sulfone groups is 1. The molecule has 0 N–H and O–H groups in total. The summed E-state index contributed by atoms with van der Waals surface area (Å²) in [6.45, 7) is 1.60. The van der Waals surface area contributed by atoms with Crippen LogP contribution in [0.25, 0.3) is 0 Å². The molecule has 1 heterocycles. The van der Waals surface area contributed by atoms with Crippen LogP contribution in [-0.2, 0) is 31.5 Å². The van der Waals surface area contributed by atoms with Gasteiger partial charge in [-0.05, 0) is 48.9 Å². The molecule has 2 aliphatic rings. The van der Waals surface area contributed by atoms with Crippen molar-refractivity contribution >= 4 is 15.7 Å². The maximum Gasteiger partial charge on any atom is 0.435 e. The van der Waals surface area contributed by atoms with Crippen molar-refractivity contribution < 1.29 is 43.9 Å². The first-order valence-corrected chi connectivity index (χ1v) is 14.6. The van der Waals surface area contributed by atoms with E-state index < -0.39 is 38.2 Å². The van der Waals surface area contributed by atoms with Crippen molar-refractivity contribution in [2.24, 2.45) is 5.92 Å². The third-order valence-electron chi connectivity index (χ3n) is 8.24. The smallest absolute Gasteiger partial charge is 0.340 e. The number of halogens is 7. The highest BCUT2D eigenvalue weighted by Crippen LogP contribution is 2.54. The van der Waals surface area contributed by atoms with Crippen molar-refractivity contribution in [3.05, 3.63) is 65.2 Å². The molecule has 4 rings (SSSR count). The van der Waals surface area contributed by atoms with E-state index in [9.17, 15) is 43.9 Å². The number of carbonyl (C=O) groups excluding carboxylic acids is 1. The molecule has 1 aliphatic carbocycles. The Bertz CT molecular complexity index is 1300. The molecule has 0 unspecified atom stereocenters. The average Bonchev–Trinajstić information content (AvgIpc) is 3.39. The summed E-state index contributed by atoms with van der Waals surface area (Å²) >= 11 is 0. The van der Waals surface area contributed by atoms with Crippen molar-refractivity contribution in [1.82, 2.24) is 4.90 Å². The van der Waals surface area contributed by atoms with Crippen LogP contribution in [0.4, 0.5) is 30.7 Å². The topological polar surface area (TPSA) is 54.5 Å². The Morgan fingerprint density at radius 2 is 1.43 bits per heavy atom. The molecule has 0 spiro atoms. The molecule has 2 aromatic rings. The fourth-order valence-corrected chi connectivity index (χ4v) is 7.89. The minimum Gasteiger partial charge on any atom is -0.340 e. The lowest BCUT2D eigenvalue weighted by Crippen LogP contribution is -2.50. The number of likely N-dealkylation sites (tertiary alicyclic amines) is 1. The first-order valence-electron chi connectivity index (χ1n) is 13.1. The fourth-order valence-electron chi connectivity index (χ4n) is 5.81. The molecular formula is C28H30F7NO3S. The van der Waals surface area contributed by atoms with Crippen molar-refractivity contribution in [2.45, 2.75) is 79.5 Å². The molecule has 0 radical (unpaired) electrons. The lowest BCUT2D eigenvalue weighted by molar-refractivity contribution is -0.348. The number of hydrogen-bond donors (Lipinski definition) is 0. The zero-order valence-corrected chi connectivity index (χ0v) is 22.6. The molecule has 12 heteroatoms. The summed E-state index contributed by atoms with van der Waals surface area (Å²) in [6, 6.07) is 8.30. The Kier molecular flexibility index (Phi) is 8.07. The van der Waals surface area contributed by atoms with Gasteiger partial charge in [0.2, 0.25) is 5.91 Å². The lowest BCUT2D eigenvalue weighted by Gasteiger charge is -2.33. The highest BCUT2D eigenvalue weighted by molar-refractivity contribution is 7.92. The van der Waals surface area contributed by atoms with Gasteiger partial charge in [0.15, 0.2) is 9.84 Å². The van der Waals surface area contributed by atoms with Crippen LogP contribution in [0.3, 0.4) is 0 Å². The number of alkyl halides is 7. The Hall–Kier alpha value is -2.63. The molecule has 4 nitrogen and oxygen atoms in total. The van der Waals surface area contributed by atoms with Crippen LogP contribution in [0.2, 0.25) is 0 Å². The van der Waals surface area contributed by atoms with Crippen molar-refractivity contribution in [2.75, 3.05) is 13.1 Å². The summed E-state index contributed by atoms with van der Waals surface area (Å²) in [5, 5.41) is 0. The van der Waals surface area contributed by atoms with Crippen LogP contribution >= 0.6 is 0 Å². The van der Waals surface area contributed by atoms with Crippen LogP contribution in [0, 0.1) is 5.92 Å². The second-order valence-electron chi connectivity index (χ2n) is 10.6. The first kappa shape index (κ1) is 30.3. The van der Waals surface area contributed by atoms with Gasteiger partial charge in [-0.1, -0.05) is 62.6 Å². The van der Waals surface area contributed by atoms with Crippen molar-refractivity contribution in [1.29, 1.82) is 0 Å². The number of rotatable bonds is 6. The number of amides is 1. The minimum atomic E-state index is -6.30. The monoisotopic (exact) mass is 593 g/mol. The summed E-state index contributed by atoms with van der Waals surface area (Å²) in [6.07, 6.45) is -8.03. The maximum atomic E-state index is 14.7. The zero-order valence-electron chi connectivity index (χ0n) is 21.8. The van der Waals surface area contributed by atoms with E-state index >= 15 is 0 Å². The SMILES string of the molecule is CCc1ccc(S(=O)(=O)[C@@]2(c3ccc(C(F)(C(F)(F)F)C(F)(F)F)cc3)CCN(C(=O)C3CCCCC3)C2)cc1. The minimum absolute atomic E-state index is 0.0432. The highest BCUT2D eigenvalue weighted by Gasteiger charge is 2.73. The summed E-state index contributed by atoms with van der Waals surface area (Å²) in [4.78, 5) is 14.6. The number of nitrogens with zero attached hydrogens (tertiary/aromatic N) is 1. The Balaban J connectivity index is 1.80. The van der Waals surface area contributed by atoms with E-state index in [4.69, 9.17) is 0 Å². The Morgan fingerprint density at radius 1 is 0.875 bits per heavy atom. The quantitative estimate of drug-likeness (QED) is 0.339. The van der Waals surface area contributed by atoms with Crippen LogP contribution in [0.5, 0.6) is 0 Å². The third-order valence-corrected chi connectivity index (χ3v) is 10.7. The van der Waals surface area contributed by atoms with Gasteiger partial charge in [0.25, 0.3) is 0 Å². The van der Waals surface area contributed by atoms with Gasteiger partial charge < -0.3 is 4.90 Å². The van der Waals surface area contributed by atoms with E-state index in [1.54, 1.807) is 12.1 Å². The van der Waals surface area contributed by atoms with Crippen molar-refractivity contribution in [3.8, 4) is 0 Å². The van der Waals surface area contributed by atoms with Crippen LogP contribution in [0.15, 0.2) is 53.4 Å². The molecule has 2 fully saturated rings. The second kappa shape index (κ2) is 10.6. The van der Waals surface area contributed by atoms with Crippen LogP contribution < -0.4 is 0 Å². The van der Waals surface area contributed by atoms with E-state index in [1.165, 1.54) is 17.0 Å². The molecule has 1 atom stereocenters. The molecular weight excluding hydrogens is 563 g/mol. The molecule has 220 valence electrons. The lowest BCUT2D eigenvalue weighted by atomic mass is 9.88. The van der Waals surface area contributed by atoms with E-state index in [-0.39, 0.29) is 41.8 Å².